The van der Waals surface area contributed by atoms with Gasteiger partial charge in [0.1, 0.15) is 0 Å². The van der Waals surface area contributed by atoms with Crippen LogP contribution in [0.4, 0.5) is 4.79 Å². The van der Waals surface area contributed by atoms with E-state index in [2.05, 4.69) is 10.6 Å². The standard InChI is InChI=1S/C23H29N3O4/c1-16(2)25-23(29)24-14-18-10-12-20(13-11-18)22(28)30-15-21(27)26(4)17(3)19-8-6-5-7-9-19/h5-13,16-17H,14-15H2,1-4H3,(H2,24,25,29)/t17-/m0/s1. The van der Waals surface area contributed by atoms with Crippen molar-refractivity contribution in [3.8, 4) is 0 Å². The topological polar surface area (TPSA) is 87.7 Å². The smallest absolute Gasteiger partial charge is 0.338 e. The molecule has 0 saturated heterocycles. The molecule has 2 rings (SSSR count). The van der Waals surface area contributed by atoms with E-state index in [9.17, 15) is 14.4 Å². The zero-order chi connectivity index (χ0) is 22.1. The maximum Gasteiger partial charge on any atom is 0.338 e. The average molecular weight is 412 g/mol. The van der Waals surface area contributed by atoms with E-state index in [1.165, 1.54) is 0 Å². The second kappa shape index (κ2) is 11.0. The van der Waals surface area contributed by atoms with E-state index >= 15 is 0 Å². The van der Waals surface area contributed by atoms with Gasteiger partial charge in [0.15, 0.2) is 6.61 Å². The molecule has 0 radical (unpaired) electrons. The molecule has 0 saturated carbocycles. The Balaban J connectivity index is 1.82. The van der Waals surface area contributed by atoms with Crippen LogP contribution in [0.15, 0.2) is 54.6 Å². The Hall–Kier alpha value is -3.35. The lowest BCUT2D eigenvalue weighted by Gasteiger charge is -2.25. The normalized spacial score (nSPS) is 11.5. The van der Waals surface area contributed by atoms with E-state index in [1.54, 1.807) is 36.2 Å². The molecule has 0 unspecified atom stereocenters. The van der Waals surface area contributed by atoms with Crippen LogP contribution in [0.5, 0.6) is 0 Å². The fourth-order valence-electron chi connectivity index (χ4n) is 2.74. The number of hydrogen-bond donors (Lipinski definition) is 2. The number of nitrogens with zero attached hydrogens (tertiary/aromatic N) is 1. The first-order valence-corrected chi connectivity index (χ1v) is 9.89. The van der Waals surface area contributed by atoms with Crippen molar-refractivity contribution in [2.75, 3.05) is 13.7 Å². The number of amides is 3. The fraction of sp³-hybridized carbons (Fsp3) is 0.348. The predicted molar refractivity (Wildman–Crippen MR) is 115 cm³/mol. The molecule has 160 valence electrons. The number of ether oxygens (including phenoxy) is 1. The third-order valence-electron chi connectivity index (χ3n) is 4.65. The summed E-state index contributed by atoms with van der Waals surface area (Å²) >= 11 is 0. The molecular weight excluding hydrogens is 382 g/mol. The molecule has 3 amide bonds. The van der Waals surface area contributed by atoms with Crippen LogP contribution in [0, 0.1) is 0 Å². The summed E-state index contributed by atoms with van der Waals surface area (Å²) < 4.78 is 5.17. The van der Waals surface area contributed by atoms with Crippen LogP contribution < -0.4 is 10.6 Å². The van der Waals surface area contributed by atoms with Crippen molar-refractivity contribution >= 4 is 17.9 Å². The van der Waals surface area contributed by atoms with Crippen LogP contribution in [0.2, 0.25) is 0 Å². The first-order chi connectivity index (χ1) is 14.3. The summed E-state index contributed by atoms with van der Waals surface area (Å²) in [5.74, 6) is -0.849. The lowest BCUT2D eigenvalue weighted by molar-refractivity contribution is -0.135. The SMILES string of the molecule is CC(C)NC(=O)NCc1ccc(C(=O)OCC(=O)N(C)[C@@H](C)c2ccccc2)cc1. The molecule has 0 aromatic heterocycles. The van der Waals surface area contributed by atoms with E-state index in [-0.39, 0.29) is 30.6 Å². The van der Waals surface area contributed by atoms with Crippen LogP contribution in [-0.4, -0.2) is 42.5 Å². The van der Waals surface area contributed by atoms with Crippen molar-refractivity contribution in [3.63, 3.8) is 0 Å². The minimum absolute atomic E-state index is 0.0552. The maximum absolute atomic E-state index is 12.4. The van der Waals surface area contributed by atoms with Crippen molar-refractivity contribution in [3.05, 3.63) is 71.3 Å². The summed E-state index contributed by atoms with van der Waals surface area (Å²) in [4.78, 5) is 37.8. The Kier molecular flexibility index (Phi) is 8.41. The van der Waals surface area contributed by atoms with E-state index < -0.39 is 5.97 Å². The summed E-state index contributed by atoms with van der Waals surface area (Å²) in [7, 11) is 1.69. The number of nitrogens with one attached hydrogen (secondary N) is 2. The van der Waals surface area contributed by atoms with Crippen molar-refractivity contribution in [2.24, 2.45) is 0 Å². The van der Waals surface area contributed by atoms with Gasteiger partial charge in [-0.3, -0.25) is 4.79 Å². The number of urea groups is 1. The number of hydrogen-bond acceptors (Lipinski definition) is 4. The van der Waals surface area contributed by atoms with Gasteiger partial charge in [-0.1, -0.05) is 42.5 Å². The fourth-order valence-corrected chi connectivity index (χ4v) is 2.74. The summed E-state index contributed by atoms with van der Waals surface area (Å²) in [6, 6.07) is 16.0. The monoisotopic (exact) mass is 411 g/mol. The minimum atomic E-state index is -0.568. The van der Waals surface area contributed by atoms with Gasteiger partial charge < -0.3 is 20.3 Å². The number of carbonyl (C=O) groups excluding carboxylic acids is 3. The number of esters is 1. The molecule has 7 heteroatoms. The van der Waals surface area contributed by atoms with Crippen molar-refractivity contribution in [1.82, 2.24) is 15.5 Å². The molecule has 0 fully saturated rings. The Labute approximate surface area is 177 Å². The van der Waals surface area contributed by atoms with Crippen molar-refractivity contribution in [1.29, 1.82) is 0 Å². The molecule has 1 atom stereocenters. The van der Waals surface area contributed by atoms with Crippen LogP contribution in [-0.2, 0) is 16.1 Å². The van der Waals surface area contributed by atoms with Gasteiger partial charge >= 0.3 is 12.0 Å². The van der Waals surface area contributed by atoms with E-state index in [0.29, 0.717) is 12.1 Å². The third-order valence-corrected chi connectivity index (χ3v) is 4.65. The highest BCUT2D eigenvalue weighted by Gasteiger charge is 2.19. The van der Waals surface area contributed by atoms with Gasteiger partial charge in [-0.2, -0.15) is 0 Å². The number of benzene rings is 2. The summed E-state index contributed by atoms with van der Waals surface area (Å²) in [6.45, 7) is 5.69. The minimum Gasteiger partial charge on any atom is -0.452 e. The molecule has 0 aliphatic rings. The molecule has 0 bridgehead atoms. The first kappa shape index (κ1) is 22.9. The molecule has 2 aromatic rings. The maximum atomic E-state index is 12.4. The molecule has 2 N–H and O–H groups in total. The lowest BCUT2D eigenvalue weighted by Crippen LogP contribution is -2.39. The molecular formula is C23H29N3O4. The molecule has 2 aromatic carbocycles. The predicted octanol–water partition coefficient (Wildman–Crippen LogP) is 3.27. The highest BCUT2D eigenvalue weighted by atomic mass is 16.5. The zero-order valence-corrected chi connectivity index (χ0v) is 17.8. The van der Waals surface area contributed by atoms with Crippen LogP contribution >= 0.6 is 0 Å². The van der Waals surface area contributed by atoms with Crippen LogP contribution in [0.1, 0.15) is 48.3 Å². The largest absolute Gasteiger partial charge is 0.452 e. The Morgan fingerprint density at radius 1 is 0.967 bits per heavy atom. The second-order valence-electron chi connectivity index (χ2n) is 7.35. The molecule has 0 spiro atoms. The van der Waals surface area contributed by atoms with Crippen molar-refractivity contribution < 1.29 is 19.1 Å². The van der Waals surface area contributed by atoms with Crippen LogP contribution in [0.3, 0.4) is 0 Å². The first-order valence-electron chi connectivity index (χ1n) is 9.89. The summed E-state index contributed by atoms with van der Waals surface area (Å²) in [5, 5.41) is 5.48. The second-order valence-corrected chi connectivity index (χ2v) is 7.35. The van der Waals surface area contributed by atoms with Crippen LogP contribution in [0.25, 0.3) is 0 Å². The molecule has 0 aliphatic carbocycles. The summed E-state index contributed by atoms with van der Waals surface area (Å²) in [5.41, 5.74) is 2.20. The van der Waals surface area contributed by atoms with Gasteiger partial charge in [0.25, 0.3) is 5.91 Å². The van der Waals surface area contributed by atoms with E-state index in [1.807, 2.05) is 51.1 Å². The van der Waals surface area contributed by atoms with E-state index in [0.717, 1.165) is 11.1 Å². The molecule has 30 heavy (non-hydrogen) atoms. The Morgan fingerprint density at radius 3 is 2.20 bits per heavy atom. The molecule has 7 nitrogen and oxygen atoms in total. The molecule has 0 heterocycles. The van der Waals surface area contributed by atoms with Gasteiger partial charge in [-0.15, -0.1) is 0 Å². The van der Waals surface area contributed by atoms with Gasteiger partial charge in [0.2, 0.25) is 0 Å². The number of likely N-dealkylation sites (N-methyl/N-ethyl adjacent to an activating group) is 1. The van der Waals surface area contributed by atoms with Gasteiger partial charge in [0.05, 0.1) is 11.6 Å². The third kappa shape index (κ3) is 6.92. The van der Waals surface area contributed by atoms with Gasteiger partial charge in [-0.05, 0) is 44.0 Å². The summed E-state index contributed by atoms with van der Waals surface area (Å²) in [6.07, 6.45) is 0. The van der Waals surface area contributed by atoms with Crippen molar-refractivity contribution in [2.45, 2.75) is 39.4 Å². The lowest BCUT2D eigenvalue weighted by atomic mass is 10.1. The van der Waals surface area contributed by atoms with Gasteiger partial charge in [-0.25, -0.2) is 9.59 Å². The number of rotatable bonds is 8. The highest BCUT2D eigenvalue weighted by molar-refractivity contribution is 5.91. The zero-order valence-electron chi connectivity index (χ0n) is 17.8. The number of carbonyl (C=O) groups is 3. The van der Waals surface area contributed by atoms with Gasteiger partial charge in [0, 0.05) is 19.6 Å². The van der Waals surface area contributed by atoms with E-state index in [4.69, 9.17) is 4.74 Å². The molecule has 0 aliphatic heterocycles. The Morgan fingerprint density at radius 2 is 1.60 bits per heavy atom. The highest BCUT2D eigenvalue weighted by Crippen LogP contribution is 2.18. The quantitative estimate of drug-likeness (QED) is 0.653. The average Bonchev–Trinajstić information content (AvgIpc) is 2.75. The Bertz CT molecular complexity index is 851.